The molecule has 220 valence electrons. The predicted octanol–water partition coefficient (Wildman–Crippen LogP) is 5.18. The van der Waals surface area contributed by atoms with Gasteiger partial charge < -0.3 is 15.5 Å². The number of hydrogen-bond acceptors (Lipinski definition) is 5. The molecule has 0 heterocycles. The minimum atomic E-state index is -3.88. The second-order valence-electron chi connectivity index (χ2n) is 11.7. The summed E-state index contributed by atoms with van der Waals surface area (Å²) >= 11 is 6.50. The molecule has 0 bridgehead atoms. The van der Waals surface area contributed by atoms with E-state index in [-0.39, 0.29) is 35.0 Å². The van der Waals surface area contributed by atoms with Gasteiger partial charge in [-0.1, -0.05) is 66.2 Å². The zero-order valence-corrected chi connectivity index (χ0v) is 25.4. The molecule has 1 aliphatic carbocycles. The Morgan fingerprint density at radius 2 is 1.71 bits per heavy atom. The Balaban J connectivity index is 1.32. The Hall–Kier alpha value is -2.75. The number of nitrogens with one attached hydrogen (secondary N) is 1. The maximum atomic E-state index is 13.3. The molecule has 0 unspecified atom stereocenters. The molecule has 3 aromatic rings. The Bertz CT molecular complexity index is 1450. The summed E-state index contributed by atoms with van der Waals surface area (Å²) in [5, 5.41) is 23.3. The number of nitrogens with zero attached hydrogens (tertiary/aromatic N) is 1. The number of sulfonamides is 1. The zero-order valence-electron chi connectivity index (χ0n) is 23.8. The molecule has 4 rings (SSSR count). The number of likely N-dealkylation sites (N-methyl/N-ethyl adjacent to an activating group) is 1. The van der Waals surface area contributed by atoms with Gasteiger partial charge in [-0.15, -0.1) is 0 Å². The van der Waals surface area contributed by atoms with Crippen molar-refractivity contribution in [3.8, 4) is 11.1 Å². The van der Waals surface area contributed by atoms with Gasteiger partial charge in [0.2, 0.25) is 10.0 Å². The first kappa shape index (κ1) is 31.2. The quantitative estimate of drug-likeness (QED) is 0.250. The number of carboxylic acids is 1. The van der Waals surface area contributed by atoms with E-state index >= 15 is 0 Å². The lowest BCUT2D eigenvalue weighted by molar-refractivity contribution is -0.136. The molecule has 0 saturated heterocycles. The van der Waals surface area contributed by atoms with Crippen LogP contribution < -0.4 is 5.32 Å². The summed E-state index contributed by atoms with van der Waals surface area (Å²) in [6.07, 6.45) is 2.68. The molecule has 0 saturated carbocycles. The average Bonchev–Trinajstić information content (AvgIpc) is 3.32. The van der Waals surface area contributed by atoms with E-state index in [1.54, 1.807) is 6.07 Å². The number of fused-ring (bicyclic) bond motifs is 1. The SMILES string of the molecule is CN(C[C@H](O)CNC(C)(C)CC1Cc2ccccc2C1)S(=O)(=O)c1ccc(-c2ccc(CCC(=O)O)cc2)c(Cl)c1. The van der Waals surface area contributed by atoms with Crippen LogP contribution in [0.15, 0.2) is 71.6 Å². The molecule has 0 aliphatic heterocycles. The molecule has 0 fully saturated rings. The van der Waals surface area contributed by atoms with Gasteiger partial charge >= 0.3 is 5.97 Å². The first-order valence-electron chi connectivity index (χ1n) is 13.9. The topological polar surface area (TPSA) is 107 Å². The van der Waals surface area contributed by atoms with Crippen molar-refractivity contribution in [1.82, 2.24) is 9.62 Å². The van der Waals surface area contributed by atoms with Gasteiger partial charge in [-0.3, -0.25) is 4.79 Å². The number of hydrogen-bond donors (Lipinski definition) is 3. The molecular weight excluding hydrogens is 560 g/mol. The number of aliphatic carboxylic acids is 1. The van der Waals surface area contributed by atoms with Crippen LogP contribution in [0.2, 0.25) is 5.02 Å². The van der Waals surface area contributed by atoms with Crippen LogP contribution >= 0.6 is 11.6 Å². The van der Waals surface area contributed by atoms with Crippen LogP contribution in [0.3, 0.4) is 0 Å². The Morgan fingerprint density at radius 3 is 2.29 bits per heavy atom. The van der Waals surface area contributed by atoms with Gasteiger partial charge in [0.05, 0.1) is 11.0 Å². The first-order chi connectivity index (χ1) is 19.3. The summed E-state index contributed by atoms with van der Waals surface area (Å²) in [6, 6.07) is 20.5. The van der Waals surface area contributed by atoms with Crippen molar-refractivity contribution in [2.75, 3.05) is 20.1 Å². The molecular formula is C32H39ClN2O5S. The highest BCUT2D eigenvalue weighted by Crippen LogP contribution is 2.33. The Labute approximate surface area is 248 Å². The van der Waals surface area contributed by atoms with Crippen molar-refractivity contribution in [3.05, 3.63) is 88.4 Å². The monoisotopic (exact) mass is 598 g/mol. The summed E-state index contributed by atoms with van der Waals surface area (Å²) in [6.45, 7) is 4.46. The van der Waals surface area contributed by atoms with Gasteiger partial charge in [0.1, 0.15) is 0 Å². The van der Waals surface area contributed by atoms with E-state index in [1.165, 1.54) is 30.3 Å². The predicted molar refractivity (Wildman–Crippen MR) is 163 cm³/mol. The first-order valence-corrected chi connectivity index (χ1v) is 15.7. The average molecular weight is 599 g/mol. The molecule has 3 N–H and O–H groups in total. The van der Waals surface area contributed by atoms with Gasteiger partial charge in [0.25, 0.3) is 0 Å². The number of aryl methyl sites for hydroxylation is 1. The van der Waals surface area contributed by atoms with Crippen molar-refractivity contribution < 1.29 is 23.4 Å². The molecule has 0 radical (unpaired) electrons. The van der Waals surface area contributed by atoms with E-state index in [0.29, 0.717) is 17.9 Å². The number of aliphatic hydroxyl groups excluding tert-OH is 1. The van der Waals surface area contributed by atoms with Gasteiger partial charge in [0.15, 0.2) is 0 Å². The maximum Gasteiger partial charge on any atom is 0.303 e. The van der Waals surface area contributed by atoms with Gasteiger partial charge in [0, 0.05) is 42.7 Å². The number of β-amino-alcohol motifs (C(OH)–C–C–N with tert-alkyl or cyclic N) is 1. The maximum absolute atomic E-state index is 13.3. The molecule has 0 spiro atoms. The van der Waals surface area contributed by atoms with Crippen molar-refractivity contribution in [2.24, 2.45) is 5.92 Å². The van der Waals surface area contributed by atoms with Gasteiger partial charge in [-0.2, -0.15) is 4.31 Å². The summed E-state index contributed by atoms with van der Waals surface area (Å²) in [5.74, 6) is -0.310. The highest BCUT2D eigenvalue weighted by molar-refractivity contribution is 7.89. The molecule has 41 heavy (non-hydrogen) atoms. The molecule has 3 aromatic carbocycles. The number of aliphatic hydroxyl groups is 1. The van der Waals surface area contributed by atoms with E-state index in [0.717, 1.165) is 34.7 Å². The van der Waals surface area contributed by atoms with E-state index in [4.69, 9.17) is 16.7 Å². The van der Waals surface area contributed by atoms with E-state index in [9.17, 15) is 18.3 Å². The second kappa shape index (κ2) is 13.0. The van der Waals surface area contributed by atoms with E-state index < -0.39 is 22.1 Å². The van der Waals surface area contributed by atoms with E-state index in [1.807, 2.05) is 24.3 Å². The normalized spacial score (nSPS) is 14.8. The fourth-order valence-corrected chi connectivity index (χ4v) is 7.20. The number of halogens is 1. The minimum Gasteiger partial charge on any atom is -0.481 e. The lowest BCUT2D eigenvalue weighted by Gasteiger charge is -2.31. The van der Waals surface area contributed by atoms with Gasteiger partial charge in [-0.25, -0.2) is 8.42 Å². The fraction of sp³-hybridized carbons (Fsp3) is 0.406. The Morgan fingerprint density at radius 1 is 1.07 bits per heavy atom. The van der Waals surface area contributed by atoms with Crippen LogP contribution in [-0.2, 0) is 34.1 Å². The molecule has 9 heteroatoms. The lowest BCUT2D eigenvalue weighted by atomic mass is 9.88. The largest absolute Gasteiger partial charge is 0.481 e. The standard InChI is InChI=1S/C32H39ClN2O5S/c1-32(2,19-23-16-25-6-4-5-7-26(25)17-23)34-20-27(36)21-35(3)41(39,40)28-13-14-29(30(33)18-28)24-11-8-22(9-12-24)10-15-31(37)38/h4-9,11-14,18,23,27,34,36H,10,15-17,19-21H2,1-3H3,(H,37,38)/t27-/m1/s1. The summed E-state index contributed by atoms with van der Waals surface area (Å²) in [5.41, 5.74) is 5.00. The van der Waals surface area contributed by atoms with Crippen LogP contribution in [0, 0.1) is 5.92 Å². The van der Waals surface area contributed by atoms with Crippen molar-refractivity contribution in [2.45, 2.75) is 62.5 Å². The zero-order chi connectivity index (χ0) is 29.8. The highest BCUT2D eigenvalue weighted by atomic mass is 35.5. The molecule has 1 atom stereocenters. The van der Waals surface area contributed by atoms with Gasteiger partial charge in [-0.05, 0) is 79.8 Å². The van der Waals surface area contributed by atoms with Crippen LogP contribution in [0.25, 0.3) is 11.1 Å². The molecule has 7 nitrogen and oxygen atoms in total. The second-order valence-corrected chi connectivity index (χ2v) is 14.1. The molecule has 1 aliphatic rings. The van der Waals surface area contributed by atoms with Crippen molar-refractivity contribution in [1.29, 1.82) is 0 Å². The summed E-state index contributed by atoms with van der Waals surface area (Å²) < 4.78 is 27.7. The lowest BCUT2D eigenvalue weighted by Crippen LogP contribution is -2.47. The summed E-state index contributed by atoms with van der Waals surface area (Å²) in [4.78, 5) is 10.9. The fourth-order valence-electron chi connectivity index (χ4n) is 5.61. The van der Waals surface area contributed by atoms with E-state index in [2.05, 4.69) is 43.4 Å². The van der Waals surface area contributed by atoms with Crippen molar-refractivity contribution in [3.63, 3.8) is 0 Å². The third-order valence-electron chi connectivity index (χ3n) is 7.76. The van der Waals surface area contributed by atoms with Crippen LogP contribution in [0.1, 0.15) is 43.4 Å². The number of carboxylic acid groups (broad SMARTS) is 1. The minimum absolute atomic E-state index is 0.0492. The molecule has 0 amide bonds. The summed E-state index contributed by atoms with van der Waals surface area (Å²) in [7, 11) is -2.42. The molecule has 0 aromatic heterocycles. The Kier molecular flexibility index (Phi) is 9.93. The number of rotatable bonds is 13. The number of benzene rings is 3. The van der Waals surface area contributed by atoms with Crippen LogP contribution in [-0.4, -0.2) is 60.7 Å². The third-order valence-corrected chi connectivity index (χ3v) is 9.89. The third kappa shape index (κ3) is 8.17. The van der Waals surface area contributed by atoms with Crippen LogP contribution in [0.4, 0.5) is 0 Å². The van der Waals surface area contributed by atoms with Crippen molar-refractivity contribution >= 4 is 27.6 Å². The number of carbonyl (C=O) groups is 1. The highest BCUT2D eigenvalue weighted by Gasteiger charge is 2.29. The smallest absolute Gasteiger partial charge is 0.303 e. The van der Waals surface area contributed by atoms with Crippen LogP contribution in [0.5, 0.6) is 0 Å².